The molecule has 2 aromatic rings. The van der Waals surface area contributed by atoms with Gasteiger partial charge in [0.2, 0.25) is 23.0 Å². The maximum absolute atomic E-state index is 13.3. The van der Waals surface area contributed by atoms with Crippen molar-refractivity contribution in [2.45, 2.75) is 104 Å². The number of ketones is 2. The summed E-state index contributed by atoms with van der Waals surface area (Å²) >= 11 is 0. The number of benzene rings is 1. The van der Waals surface area contributed by atoms with Gasteiger partial charge in [0.05, 0.1) is 5.21 Å². The molecule has 0 saturated heterocycles. The van der Waals surface area contributed by atoms with Crippen molar-refractivity contribution < 1.29 is 14.3 Å². The van der Waals surface area contributed by atoms with Crippen LogP contribution in [0.15, 0.2) is 24.3 Å². The molecule has 0 aliphatic heterocycles. The number of aromatic nitrogens is 3. The lowest BCUT2D eigenvalue weighted by Crippen LogP contribution is -2.43. The van der Waals surface area contributed by atoms with Crippen molar-refractivity contribution in [1.82, 2.24) is 9.90 Å². The maximum Gasteiger partial charge on any atom is 0.249 e. The molecule has 0 amide bonds. The summed E-state index contributed by atoms with van der Waals surface area (Å²) in [5, 5.41) is 4.72. The van der Waals surface area contributed by atoms with Gasteiger partial charge in [-0.05, 0) is 25.7 Å². The third kappa shape index (κ3) is 5.69. The van der Waals surface area contributed by atoms with E-state index in [0.717, 1.165) is 25.7 Å². The predicted octanol–water partition coefficient (Wildman–Crippen LogP) is 5.67. The molecule has 1 aliphatic rings. The molecule has 1 aliphatic carbocycles. The van der Waals surface area contributed by atoms with E-state index in [1.54, 1.807) is 16.8 Å². The minimum atomic E-state index is -0.0668. The summed E-state index contributed by atoms with van der Waals surface area (Å²) < 4.78 is 3.61. The lowest BCUT2D eigenvalue weighted by Gasteiger charge is -2.11. The van der Waals surface area contributed by atoms with Gasteiger partial charge >= 0.3 is 0 Å². The quantitative estimate of drug-likeness (QED) is 0.248. The van der Waals surface area contributed by atoms with Gasteiger partial charge in [-0.15, -0.1) is 9.36 Å². The highest BCUT2D eigenvalue weighted by molar-refractivity contribution is 6.26. The topological polar surface area (TPSA) is 55.8 Å². The van der Waals surface area contributed by atoms with Crippen LogP contribution in [0, 0.1) is 0 Å². The number of aryl methyl sites for hydroxylation is 2. The fourth-order valence-corrected chi connectivity index (χ4v) is 4.44. The summed E-state index contributed by atoms with van der Waals surface area (Å²) in [5.41, 5.74) is 1.99. The molecule has 3 rings (SSSR count). The van der Waals surface area contributed by atoms with Crippen LogP contribution in [0.5, 0.6) is 0 Å². The highest BCUT2D eigenvalue weighted by Crippen LogP contribution is 2.25. The average Bonchev–Trinajstić information content (AvgIpc) is 3.15. The van der Waals surface area contributed by atoms with Crippen LogP contribution in [0.1, 0.15) is 123 Å². The Morgan fingerprint density at radius 1 is 0.742 bits per heavy atom. The zero-order valence-electron chi connectivity index (χ0n) is 19.4. The summed E-state index contributed by atoms with van der Waals surface area (Å²) in [5.74, 6) is -0.132. The Labute approximate surface area is 186 Å². The van der Waals surface area contributed by atoms with Crippen LogP contribution < -0.4 is 4.68 Å². The Kier molecular flexibility index (Phi) is 8.98. The van der Waals surface area contributed by atoms with E-state index in [-0.39, 0.29) is 11.6 Å². The monoisotopic (exact) mass is 424 g/mol. The number of carbonyl (C=O) groups excluding carboxylic acids is 2. The Morgan fingerprint density at radius 2 is 1.29 bits per heavy atom. The Bertz CT molecular complexity index is 885. The predicted molar refractivity (Wildman–Crippen MR) is 122 cm³/mol. The lowest BCUT2D eigenvalue weighted by atomic mass is 9.90. The van der Waals surface area contributed by atoms with Crippen LogP contribution in [-0.2, 0) is 13.1 Å². The van der Waals surface area contributed by atoms with E-state index in [9.17, 15) is 9.59 Å². The summed E-state index contributed by atoms with van der Waals surface area (Å²) in [6.45, 7) is 5.81. The second-order valence-electron chi connectivity index (χ2n) is 8.77. The fourth-order valence-electron chi connectivity index (χ4n) is 4.44. The van der Waals surface area contributed by atoms with Crippen LogP contribution in [0.25, 0.3) is 0 Å². The average molecular weight is 425 g/mol. The van der Waals surface area contributed by atoms with Crippen molar-refractivity contribution in [3.63, 3.8) is 0 Å². The van der Waals surface area contributed by atoms with E-state index < -0.39 is 0 Å². The minimum absolute atomic E-state index is 0.0652. The number of hydrogen-bond donors (Lipinski definition) is 0. The number of fused-ring (bicyclic) bond motifs is 2. The third-order valence-corrected chi connectivity index (χ3v) is 6.25. The van der Waals surface area contributed by atoms with Crippen LogP contribution in [0.2, 0.25) is 0 Å². The van der Waals surface area contributed by atoms with Gasteiger partial charge in [0.15, 0.2) is 0 Å². The first-order chi connectivity index (χ1) is 15.2. The summed E-state index contributed by atoms with van der Waals surface area (Å²) in [6.07, 6.45) is 14.3. The highest BCUT2D eigenvalue weighted by atomic mass is 16.1. The van der Waals surface area contributed by atoms with Crippen LogP contribution in [0.4, 0.5) is 0 Å². The molecule has 5 nitrogen and oxygen atoms in total. The Hall–Kier alpha value is -2.30. The Balaban J connectivity index is 1.71. The Morgan fingerprint density at radius 3 is 1.94 bits per heavy atom. The molecular formula is C26H38N3O2+. The molecule has 31 heavy (non-hydrogen) atoms. The van der Waals surface area contributed by atoms with E-state index in [2.05, 4.69) is 13.8 Å². The molecule has 0 saturated carbocycles. The maximum atomic E-state index is 13.3. The van der Waals surface area contributed by atoms with Crippen molar-refractivity contribution in [3.05, 3.63) is 46.8 Å². The molecule has 0 spiro atoms. The van der Waals surface area contributed by atoms with Crippen molar-refractivity contribution in [3.8, 4) is 0 Å². The molecule has 5 heteroatoms. The number of rotatable bonds is 14. The molecule has 1 aromatic carbocycles. The van der Waals surface area contributed by atoms with Crippen molar-refractivity contribution in [2.24, 2.45) is 0 Å². The second kappa shape index (κ2) is 11.9. The van der Waals surface area contributed by atoms with Crippen LogP contribution in [-0.4, -0.2) is 21.5 Å². The van der Waals surface area contributed by atoms with Crippen molar-refractivity contribution in [2.75, 3.05) is 0 Å². The standard InChI is InChI=1S/C26H38N3O2/c1-3-5-7-9-10-11-12-16-20-29-24-23(28(27-29)19-15-8-6-4-2)25(30)21-17-13-14-18-22(21)26(24)31/h13-14,17-18H,3-12,15-16,19-20H2,1-2H3/q+1. The molecule has 0 bridgehead atoms. The minimum Gasteiger partial charge on any atom is -0.284 e. The fraction of sp³-hybridized carbons (Fsp3) is 0.615. The third-order valence-electron chi connectivity index (χ3n) is 6.25. The van der Waals surface area contributed by atoms with Crippen molar-refractivity contribution in [1.29, 1.82) is 0 Å². The van der Waals surface area contributed by atoms with Gasteiger partial charge in [0.25, 0.3) is 0 Å². The summed E-state index contributed by atoms with van der Waals surface area (Å²) in [4.78, 5) is 26.5. The molecule has 0 unspecified atom stereocenters. The smallest absolute Gasteiger partial charge is 0.249 e. The summed E-state index contributed by atoms with van der Waals surface area (Å²) in [7, 11) is 0. The van der Waals surface area contributed by atoms with Crippen molar-refractivity contribution >= 4 is 11.6 Å². The van der Waals surface area contributed by atoms with Crippen LogP contribution >= 0.6 is 0 Å². The number of nitrogens with zero attached hydrogens (tertiary/aromatic N) is 3. The van der Waals surface area contributed by atoms with Crippen LogP contribution in [0.3, 0.4) is 0 Å². The molecule has 168 valence electrons. The molecule has 1 heterocycles. The van der Waals surface area contributed by atoms with Gasteiger partial charge in [0.1, 0.15) is 13.1 Å². The molecule has 0 radical (unpaired) electrons. The molecule has 0 fully saturated rings. The molecular weight excluding hydrogens is 386 g/mol. The highest BCUT2D eigenvalue weighted by Gasteiger charge is 2.42. The van der Waals surface area contributed by atoms with Gasteiger partial charge in [-0.25, -0.2) is 0 Å². The lowest BCUT2D eigenvalue weighted by molar-refractivity contribution is -0.757. The molecule has 1 aromatic heterocycles. The van der Waals surface area contributed by atoms with E-state index in [4.69, 9.17) is 5.21 Å². The zero-order valence-corrected chi connectivity index (χ0v) is 19.4. The van der Waals surface area contributed by atoms with Gasteiger partial charge in [0, 0.05) is 11.1 Å². The summed E-state index contributed by atoms with van der Waals surface area (Å²) in [6, 6.07) is 7.17. The first-order valence-electron chi connectivity index (χ1n) is 12.4. The first kappa shape index (κ1) is 23.4. The largest absolute Gasteiger partial charge is 0.284 e. The van der Waals surface area contributed by atoms with Gasteiger partial charge in [-0.3, -0.25) is 9.59 Å². The normalized spacial score (nSPS) is 12.8. The van der Waals surface area contributed by atoms with Gasteiger partial charge in [-0.2, -0.15) is 0 Å². The van der Waals surface area contributed by atoms with E-state index >= 15 is 0 Å². The van der Waals surface area contributed by atoms with E-state index in [1.165, 1.54) is 51.4 Å². The zero-order chi connectivity index (χ0) is 22.1. The SMILES string of the molecule is CCCCCCCCCC[n+]1nn(CCCCCC)c2c1C(=O)c1ccccc1C2=O. The number of hydrogen-bond acceptors (Lipinski definition) is 3. The molecule has 0 atom stereocenters. The van der Waals surface area contributed by atoms with Gasteiger partial charge in [-0.1, -0.05) is 89.5 Å². The number of unbranched alkanes of at least 4 members (excludes halogenated alkanes) is 10. The van der Waals surface area contributed by atoms with E-state index in [1.807, 2.05) is 16.8 Å². The first-order valence-corrected chi connectivity index (χ1v) is 12.4. The molecule has 0 N–H and O–H groups in total. The van der Waals surface area contributed by atoms with E-state index in [0.29, 0.717) is 35.6 Å². The second-order valence-corrected chi connectivity index (χ2v) is 8.77. The number of carbonyl (C=O) groups is 2. The van der Waals surface area contributed by atoms with Gasteiger partial charge < -0.3 is 0 Å².